The molecule has 9 aromatic rings. The molecule has 210 valence electrons. The molecule has 1 heterocycles. The molecule has 0 aliphatic rings. The first-order valence-corrected chi connectivity index (χ1v) is 14.0. The van der Waals surface area contributed by atoms with Crippen molar-refractivity contribution in [3.05, 3.63) is 169 Å². The molecular weight excluding hydrogens is 544 g/mol. The van der Waals surface area contributed by atoms with E-state index in [0.717, 1.165) is 0 Å². The third-order valence-electron chi connectivity index (χ3n) is 7.88. The lowest BCUT2D eigenvalue weighted by atomic mass is 9.82. The number of fused-ring (bicyclic) bond motifs is 5. The highest BCUT2D eigenvalue weighted by Gasteiger charge is 2.22. The van der Waals surface area contributed by atoms with Gasteiger partial charge < -0.3 is 4.42 Å². The smallest absolute Gasteiger partial charge is 0.136 e. The molecule has 0 radical (unpaired) electrons. The maximum Gasteiger partial charge on any atom is 0.136 e. The Morgan fingerprint density at radius 3 is 1.64 bits per heavy atom. The van der Waals surface area contributed by atoms with E-state index in [-0.39, 0.29) is 77.0 Å². The van der Waals surface area contributed by atoms with Gasteiger partial charge in [-0.15, -0.1) is 0 Å². The van der Waals surface area contributed by atoms with Crippen LogP contribution in [0, 0.1) is 0 Å². The molecule has 8 aromatic carbocycles. The number of hydrogen-bond donors (Lipinski definition) is 0. The molecular formula is C44H28O. The van der Waals surface area contributed by atoms with Gasteiger partial charge in [-0.2, -0.15) is 0 Å². The molecule has 0 aliphatic carbocycles. The Labute approximate surface area is 286 Å². The van der Waals surface area contributed by atoms with Gasteiger partial charge in [0.1, 0.15) is 11.2 Å². The van der Waals surface area contributed by atoms with Crippen molar-refractivity contribution in [1.82, 2.24) is 0 Å². The SMILES string of the molecule is [2H]c1c([2H])c([2H])c(-c2cccc(-c3c4c([2H])c([2H])c([2H])c([2H])c4c(-c4ccc5oc6ccccc6c5c4-c4c([2H])c([2H])c([2H])c([2H])c4[2H])c4c([2H])c([2H])c([2H])c([2H])c34)c2)c([2H])c1[2H]. The van der Waals surface area contributed by atoms with Crippen molar-refractivity contribution in [2.75, 3.05) is 0 Å². The minimum atomic E-state index is -0.702. The summed E-state index contributed by atoms with van der Waals surface area (Å²) in [7, 11) is 0. The van der Waals surface area contributed by atoms with E-state index in [1.165, 1.54) is 36.4 Å². The van der Waals surface area contributed by atoms with E-state index in [4.69, 9.17) is 23.6 Å². The zero-order chi connectivity index (χ0) is 45.4. The number of hydrogen-bond acceptors (Lipinski definition) is 1. The van der Waals surface area contributed by atoms with Gasteiger partial charge in [-0.05, 0) is 84.8 Å². The second-order valence-electron chi connectivity index (χ2n) is 10.3. The first-order valence-electron chi connectivity index (χ1n) is 23.0. The summed E-state index contributed by atoms with van der Waals surface area (Å²) < 4.78 is 166. The minimum Gasteiger partial charge on any atom is -0.456 e. The summed E-state index contributed by atoms with van der Waals surface area (Å²) in [6.45, 7) is 0. The average molecular weight is 591 g/mol. The molecule has 0 amide bonds. The molecule has 0 fully saturated rings. The molecule has 0 saturated carbocycles. The van der Waals surface area contributed by atoms with E-state index >= 15 is 0 Å². The second-order valence-corrected chi connectivity index (χ2v) is 10.3. The van der Waals surface area contributed by atoms with Crippen LogP contribution >= 0.6 is 0 Å². The van der Waals surface area contributed by atoms with Gasteiger partial charge in [-0.1, -0.05) is 145 Å². The molecule has 0 spiro atoms. The highest BCUT2D eigenvalue weighted by Crippen LogP contribution is 2.49. The van der Waals surface area contributed by atoms with E-state index < -0.39 is 109 Å². The topological polar surface area (TPSA) is 13.1 Å². The summed E-state index contributed by atoms with van der Waals surface area (Å²) in [6, 6.07) is 4.37. The van der Waals surface area contributed by atoms with Crippen LogP contribution in [0.5, 0.6) is 0 Å². The van der Waals surface area contributed by atoms with E-state index in [0.29, 0.717) is 11.0 Å². The standard InChI is InChI=1S/C44H28O/c1-3-14-29(15-4-1)31-18-13-19-32(28-31)41-33-20-7-9-22-35(33)43(36-23-10-8-21-34(36)41)38-26-27-40-44(37-24-11-12-25-39(37)45-40)42(38)30-16-5-2-6-17-30/h1-28H/i1D,2D,3D,4D,5D,6D,7D,8D,9D,10D,14D,15D,16D,17D,20D,21D,22D,23D. The van der Waals surface area contributed by atoms with Crippen molar-refractivity contribution >= 4 is 43.5 Å². The molecule has 0 aliphatic heterocycles. The predicted octanol–water partition coefficient (Wildman–Crippen LogP) is 12.6. The lowest BCUT2D eigenvalue weighted by Crippen LogP contribution is -1.93. The van der Waals surface area contributed by atoms with Crippen molar-refractivity contribution in [2.45, 2.75) is 0 Å². The van der Waals surface area contributed by atoms with Crippen LogP contribution in [0.25, 0.3) is 88.0 Å². The second kappa shape index (κ2) is 10.4. The lowest BCUT2D eigenvalue weighted by Gasteiger charge is -2.20. The van der Waals surface area contributed by atoms with Crippen molar-refractivity contribution in [3.8, 4) is 44.5 Å². The maximum atomic E-state index is 9.52. The van der Waals surface area contributed by atoms with Crippen molar-refractivity contribution < 1.29 is 29.1 Å². The fraction of sp³-hybridized carbons (Fsp3) is 0. The minimum absolute atomic E-state index is 0.00271. The number of rotatable bonds is 4. The van der Waals surface area contributed by atoms with Gasteiger partial charge in [0.2, 0.25) is 0 Å². The van der Waals surface area contributed by atoms with Crippen LogP contribution in [-0.4, -0.2) is 0 Å². The van der Waals surface area contributed by atoms with Crippen LogP contribution in [0.3, 0.4) is 0 Å². The van der Waals surface area contributed by atoms with Gasteiger partial charge in [0.05, 0.1) is 24.7 Å². The average Bonchev–Trinajstić information content (AvgIpc) is 3.67. The monoisotopic (exact) mass is 590 g/mol. The van der Waals surface area contributed by atoms with Gasteiger partial charge >= 0.3 is 0 Å². The van der Waals surface area contributed by atoms with Crippen molar-refractivity contribution in [3.63, 3.8) is 0 Å². The molecule has 45 heavy (non-hydrogen) atoms. The first kappa shape index (κ1) is 13.4. The summed E-state index contributed by atoms with van der Waals surface area (Å²) >= 11 is 0. The zero-order valence-electron chi connectivity index (χ0n) is 41.2. The van der Waals surface area contributed by atoms with E-state index in [1.807, 2.05) is 0 Å². The first-order chi connectivity index (χ1) is 29.8. The summed E-state index contributed by atoms with van der Waals surface area (Å²) in [4.78, 5) is 0. The summed E-state index contributed by atoms with van der Waals surface area (Å²) in [5.74, 6) is 0. The summed E-state index contributed by atoms with van der Waals surface area (Å²) in [6.07, 6.45) is 0. The van der Waals surface area contributed by atoms with Crippen LogP contribution < -0.4 is 0 Å². The summed E-state index contributed by atoms with van der Waals surface area (Å²) in [5.41, 5.74) is 0.0636. The predicted molar refractivity (Wildman–Crippen MR) is 190 cm³/mol. The highest BCUT2D eigenvalue weighted by molar-refractivity contribution is 6.25. The summed E-state index contributed by atoms with van der Waals surface area (Å²) in [5, 5.41) is -0.175. The molecule has 9 rings (SSSR count). The fourth-order valence-corrected chi connectivity index (χ4v) is 6.07. The van der Waals surface area contributed by atoms with Crippen molar-refractivity contribution in [1.29, 1.82) is 0 Å². The Bertz CT molecular complexity index is 3420. The molecule has 1 heteroatoms. The van der Waals surface area contributed by atoms with Gasteiger partial charge in [-0.3, -0.25) is 0 Å². The van der Waals surface area contributed by atoms with Crippen LogP contribution in [0.2, 0.25) is 0 Å². The van der Waals surface area contributed by atoms with Gasteiger partial charge in [-0.25, -0.2) is 0 Å². The van der Waals surface area contributed by atoms with Gasteiger partial charge in [0.15, 0.2) is 0 Å². The Balaban J connectivity index is 1.57. The highest BCUT2D eigenvalue weighted by atomic mass is 16.3. The lowest BCUT2D eigenvalue weighted by molar-refractivity contribution is 0.669. The largest absolute Gasteiger partial charge is 0.456 e. The van der Waals surface area contributed by atoms with Crippen LogP contribution in [-0.2, 0) is 0 Å². The Kier molecular flexibility index (Phi) is 3.08. The number of para-hydroxylation sites is 1. The van der Waals surface area contributed by atoms with Crippen LogP contribution in [0.15, 0.2) is 174 Å². The third kappa shape index (κ3) is 4.09. The van der Waals surface area contributed by atoms with Crippen LogP contribution in [0.1, 0.15) is 24.7 Å². The van der Waals surface area contributed by atoms with E-state index in [2.05, 4.69) is 0 Å². The molecule has 1 aromatic heterocycles. The fourth-order valence-electron chi connectivity index (χ4n) is 6.07. The maximum absolute atomic E-state index is 9.52. The van der Waals surface area contributed by atoms with Crippen molar-refractivity contribution in [2.24, 2.45) is 0 Å². The molecule has 0 saturated heterocycles. The van der Waals surface area contributed by atoms with Gasteiger partial charge in [0, 0.05) is 16.3 Å². The zero-order valence-corrected chi connectivity index (χ0v) is 23.2. The van der Waals surface area contributed by atoms with E-state index in [9.17, 15) is 5.48 Å². The Morgan fingerprint density at radius 2 is 0.956 bits per heavy atom. The normalized spacial score (nSPS) is 17.2. The molecule has 0 N–H and O–H groups in total. The Morgan fingerprint density at radius 1 is 0.378 bits per heavy atom. The van der Waals surface area contributed by atoms with Crippen LogP contribution in [0.4, 0.5) is 0 Å². The molecule has 1 nitrogen and oxygen atoms in total. The van der Waals surface area contributed by atoms with Gasteiger partial charge in [0.25, 0.3) is 0 Å². The quantitative estimate of drug-likeness (QED) is 0.186. The number of benzene rings is 8. The Hall–Kier alpha value is -5.92. The third-order valence-corrected chi connectivity index (χ3v) is 7.88. The number of furan rings is 1. The molecule has 0 atom stereocenters. The van der Waals surface area contributed by atoms with E-state index in [1.54, 1.807) is 24.3 Å². The molecule has 0 bridgehead atoms. The molecule has 0 unspecified atom stereocenters.